The van der Waals surface area contributed by atoms with E-state index >= 15 is 0 Å². The van der Waals surface area contributed by atoms with E-state index in [1.807, 2.05) is 30.3 Å². The number of nitro groups is 1. The Morgan fingerprint density at radius 2 is 2.04 bits per heavy atom. The molecule has 0 radical (unpaired) electrons. The van der Waals surface area contributed by atoms with Gasteiger partial charge in [0, 0.05) is 46.0 Å². The number of rotatable bonds is 8. The zero-order valence-corrected chi connectivity index (χ0v) is 16.8. The first-order valence-electron chi connectivity index (χ1n) is 8.02. The minimum absolute atomic E-state index is 0.113. The number of halogens is 1. The number of thiocarbonyl (C=S) groups is 1. The fourth-order valence-electron chi connectivity index (χ4n) is 2.96. The molecule has 0 amide bonds. The molecular weight excluding hydrogens is 408 g/mol. The highest BCUT2D eigenvalue weighted by Gasteiger charge is 2.34. The third-order valence-corrected chi connectivity index (χ3v) is 4.87. The molecule has 1 aromatic carbocycles. The minimum atomic E-state index is -0.971. The van der Waals surface area contributed by atoms with Crippen molar-refractivity contribution in [3.63, 3.8) is 0 Å². The highest BCUT2D eigenvalue weighted by atomic mass is 35.5. The summed E-state index contributed by atoms with van der Waals surface area (Å²) in [5.41, 5.74) is 0.296. The van der Waals surface area contributed by atoms with E-state index in [0.29, 0.717) is 16.3 Å². The number of aromatic nitrogens is 1. The second-order valence-corrected chi connectivity index (χ2v) is 7.45. The summed E-state index contributed by atoms with van der Waals surface area (Å²) in [5, 5.41) is 11.1. The van der Waals surface area contributed by atoms with Crippen molar-refractivity contribution in [2.75, 3.05) is 0 Å². The van der Waals surface area contributed by atoms with Crippen molar-refractivity contribution in [2.45, 2.75) is 25.4 Å². The van der Waals surface area contributed by atoms with Crippen molar-refractivity contribution in [2.24, 2.45) is 5.92 Å². The lowest BCUT2D eigenvalue weighted by atomic mass is 9.82. The van der Waals surface area contributed by atoms with E-state index in [-0.39, 0.29) is 11.6 Å². The zero-order valence-electron chi connectivity index (χ0n) is 14.3. The smallest absolute Gasteiger partial charge is 0.404 e. The van der Waals surface area contributed by atoms with Crippen LogP contribution >= 0.6 is 36.4 Å². The first-order chi connectivity index (χ1) is 12.8. The lowest BCUT2D eigenvalue weighted by molar-refractivity contribution is -0.385. The standard InChI is InChI=1S/C18H17ClN2O4S2/c1-11(25-18(19)22)16(15-10-13(21(23)24)7-8-20-15)14(17(26)27)9-12-5-3-2-4-6-12/h2-8,10-11,14,16H,9H2,1H3,(H,26,27). The van der Waals surface area contributed by atoms with E-state index in [2.05, 4.69) is 17.6 Å². The number of hydrogen-bond acceptors (Lipinski definition) is 6. The van der Waals surface area contributed by atoms with Crippen LogP contribution in [-0.4, -0.2) is 25.6 Å². The summed E-state index contributed by atoms with van der Waals surface area (Å²) in [4.78, 5) is 26.2. The van der Waals surface area contributed by atoms with Crippen LogP contribution < -0.4 is 0 Å². The van der Waals surface area contributed by atoms with Gasteiger partial charge in [0.2, 0.25) is 0 Å². The molecule has 0 saturated heterocycles. The first kappa shape index (κ1) is 21.3. The molecule has 27 heavy (non-hydrogen) atoms. The quantitative estimate of drug-likeness (QED) is 0.212. The van der Waals surface area contributed by atoms with Crippen LogP contribution in [0.4, 0.5) is 10.5 Å². The van der Waals surface area contributed by atoms with Gasteiger partial charge in [-0.1, -0.05) is 42.5 Å². The average Bonchev–Trinajstić information content (AvgIpc) is 2.61. The van der Waals surface area contributed by atoms with E-state index < -0.39 is 22.4 Å². The third-order valence-electron chi connectivity index (χ3n) is 4.15. The molecule has 0 aliphatic heterocycles. The maximum Gasteiger partial charge on any atom is 0.404 e. The Hall–Kier alpha value is -2.03. The van der Waals surface area contributed by atoms with E-state index in [9.17, 15) is 14.9 Å². The number of benzene rings is 1. The Morgan fingerprint density at radius 1 is 1.37 bits per heavy atom. The lowest BCUT2D eigenvalue weighted by Crippen LogP contribution is -2.31. The number of carbonyl (C=O) groups excluding carboxylic acids is 1. The topological polar surface area (TPSA) is 82.3 Å². The van der Waals surface area contributed by atoms with Crippen LogP contribution in [0.15, 0.2) is 48.7 Å². The molecule has 0 aliphatic rings. The highest BCUT2D eigenvalue weighted by molar-refractivity contribution is 8.11. The van der Waals surface area contributed by atoms with Crippen molar-refractivity contribution in [1.82, 2.24) is 4.98 Å². The molecule has 3 atom stereocenters. The summed E-state index contributed by atoms with van der Waals surface area (Å²) in [6.45, 7) is 1.65. The van der Waals surface area contributed by atoms with E-state index in [1.54, 1.807) is 6.92 Å². The molecule has 0 bridgehead atoms. The van der Waals surface area contributed by atoms with Crippen LogP contribution in [0.1, 0.15) is 24.1 Å². The molecule has 0 aliphatic carbocycles. The molecule has 2 rings (SSSR count). The van der Waals surface area contributed by atoms with Gasteiger partial charge in [-0.2, -0.15) is 0 Å². The normalized spacial score (nSPS) is 14.0. The molecule has 1 heterocycles. The van der Waals surface area contributed by atoms with Gasteiger partial charge in [0.05, 0.1) is 10.6 Å². The van der Waals surface area contributed by atoms with Gasteiger partial charge in [0.25, 0.3) is 5.69 Å². The SMILES string of the molecule is CC(OC(=O)Cl)C(c1cc([N+](=O)[O-])ccn1)C(Cc1ccccc1)C(=S)S. The number of thiol groups is 1. The minimum Gasteiger partial charge on any atom is -0.450 e. The van der Waals surface area contributed by atoms with Crippen molar-refractivity contribution in [3.05, 3.63) is 70.0 Å². The van der Waals surface area contributed by atoms with Crippen LogP contribution in [0.25, 0.3) is 0 Å². The fraction of sp³-hybridized carbons (Fsp3) is 0.278. The molecule has 6 nitrogen and oxygen atoms in total. The van der Waals surface area contributed by atoms with Crippen LogP contribution in [0.5, 0.6) is 0 Å². The number of pyridine rings is 1. The van der Waals surface area contributed by atoms with Gasteiger partial charge in [-0.05, 0) is 18.9 Å². The fourth-order valence-corrected chi connectivity index (χ4v) is 3.58. The summed E-state index contributed by atoms with van der Waals surface area (Å²) in [6.07, 6.45) is 1.13. The van der Waals surface area contributed by atoms with Gasteiger partial charge in [-0.25, -0.2) is 4.79 Å². The summed E-state index contributed by atoms with van der Waals surface area (Å²) < 4.78 is 5.54. The Morgan fingerprint density at radius 3 is 2.59 bits per heavy atom. The van der Waals surface area contributed by atoms with E-state index in [1.165, 1.54) is 18.3 Å². The lowest BCUT2D eigenvalue weighted by Gasteiger charge is -2.30. The predicted octanol–water partition coefficient (Wildman–Crippen LogP) is 4.95. The number of nitrogens with zero attached hydrogens (tertiary/aromatic N) is 2. The molecule has 9 heteroatoms. The predicted molar refractivity (Wildman–Crippen MR) is 111 cm³/mol. The maximum atomic E-state index is 11.3. The Bertz CT molecular complexity index is 835. The van der Waals surface area contributed by atoms with Crippen LogP contribution in [0, 0.1) is 16.0 Å². The van der Waals surface area contributed by atoms with Gasteiger partial charge in [0.1, 0.15) is 6.10 Å². The number of hydrogen-bond donors (Lipinski definition) is 1. The van der Waals surface area contributed by atoms with Crippen molar-refractivity contribution >= 4 is 51.8 Å². The molecule has 0 saturated carbocycles. The largest absolute Gasteiger partial charge is 0.450 e. The Balaban J connectivity index is 2.48. The van der Waals surface area contributed by atoms with Crippen molar-refractivity contribution in [1.29, 1.82) is 0 Å². The molecule has 3 unspecified atom stereocenters. The van der Waals surface area contributed by atoms with Gasteiger partial charge >= 0.3 is 5.43 Å². The summed E-state index contributed by atoms with van der Waals surface area (Å²) in [7, 11) is 0. The Kier molecular flexibility index (Phi) is 7.70. The van der Waals surface area contributed by atoms with Crippen LogP contribution in [0.3, 0.4) is 0 Å². The van der Waals surface area contributed by atoms with Crippen molar-refractivity contribution in [3.8, 4) is 0 Å². The van der Waals surface area contributed by atoms with Crippen molar-refractivity contribution < 1.29 is 14.5 Å². The van der Waals surface area contributed by atoms with E-state index in [0.717, 1.165) is 5.56 Å². The molecule has 2 aromatic rings. The first-order valence-corrected chi connectivity index (χ1v) is 9.26. The molecule has 1 aromatic heterocycles. The molecular formula is C18H17ClN2O4S2. The molecule has 142 valence electrons. The summed E-state index contributed by atoms with van der Waals surface area (Å²) in [6, 6.07) is 12.2. The summed E-state index contributed by atoms with van der Waals surface area (Å²) >= 11 is 15.1. The number of ether oxygens (including phenoxy) is 1. The zero-order chi connectivity index (χ0) is 20.0. The maximum absolute atomic E-state index is 11.3. The molecule has 0 N–H and O–H groups in total. The van der Waals surface area contributed by atoms with Gasteiger partial charge < -0.3 is 4.74 Å². The highest BCUT2D eigenvalue weighted by Crippen LogP contribution is 2.35. The van der Waals surface area contributed by atoms with Gasteiger partial charge in [0.15, 0.2) is 0 Å². The van der Waals surface area contributed by atoms with Crippen LogP contribution in [0.2, 0.25) is 0 Å². The number of carbonyl (C=O) groups is 1. The van der Waals surface area contributed by atoms with Crippen LogP contribution in [-0.2, 0) is 11.2 Å². The van der Waals surface area contributed by atoms with E-state index in [4.69, 9.17) is 28.6 Å². The monoisotopic (exact) mass is 424 g/mol. The summed E-state index contributed by atoms with van der Waals surface area (Å²) in [5.74, 6) is -0.927. The average molecular weight is 425 g/mol. The molecule has 0 spiro atoms. The second-order valence-electron chi connectivity index (χ2n) is 5.92. The molecule has 0 fully saturated rings. The van der Waals surface area contributed by atoms with Gasteiger partial charge in [-0.3, -0.25) is 15.1 Å². The third kappa shape index (κ3) is 5.98. The second kappa shape index (κ2) is 9.77. The van der Waals surface area contributed by atoms with Gasteiger partial charge in [-0.15, -0.1) is 12.6 Å². The Labute approximate surface area is 172 Å².